The largest absolute Gasteiger partial charge is 0.477 e. The van der Waals surface area contributed by atoms with Gasteiger partial charge in [0.05, 0.1) is 5.00 Å². The summed E-state index contributed by atoms with van der Waals surface area (Å²) in [5.41, 5.74) is 2.74. The quantitative estimate of drug-likeness (QED) is 0.865. The van der Waals surface area contributed by atoms with Gasteiger partial charge in [0.15, 0.2) is 0 Å². The number of rotatable bonds is 2. The number of hydrogen-bond acceptors (Lipinski definition) is 3. The molecule has 0 saturated carbocycles. The van der Waals surface area contributed by atoms with Gasteiger partial charge in [-0.2, -0.15) is 0 Å². The van der Waals surface area contributed by atoms with Crippen molar-refractivity contribution in [3.63, 3.8) is 0 Å². The lowest BCUT2D eigenvalue weighted by Gasteiger charge is -2.09. The molecule has 1 aliphatic rings. The highest BCUT2D eigenvalue weighted by Gasteiger charge is 2.23. The zero-order valence-electron chi connectivity index (χ0n) is 9.51. The fourth-order valence-corrected chi connectivity index (χ4v) is 3.16. The Morgan fingerprint density at radius 2 is 2.06 bits per heavy atom. The second-order valence-corrected chi connectivity index (χ2v) is 5.02. The third-order valence-electron chi connectivity index (χ3n) is 2.87. The van der Waals surface area contributed by atoms with Gasteiger partial charge in [0.1, 0.15) is 4.88 Å². The Bertz CT molecular complexity index is 629. The molecule has 0 bridgehead atoms. The predicted octanol–water partition coefficient (Wildman–Crippen LogP) is 3.55. The van der Waals surface area contributed by atoms with Crippen LogP contribution in [0.5, 0.6) is 0 Å². The van der Waals surface area contributed by atoms with E-state index in [2.05, 4.69) is 5.32 Å². The average Bonchev–Trinajstić information content (AvgIpc) is 2.79. The number of benzene rings is 1. The number of hydrogen-bond donors (Lipinski definition) is 2. The third-order valence-corrected chi connectivity index (χ3v) is 4.02. The Kier molecular flexibility index (Phi) is 2.64. The van der Waals surface area contributed by atoms with E-state index in [0.717, 1.165) is 28.2 Å². The molecule has 0 unspecified atom stereocenters. The maximum absolute atomic E-state index is 11.4. The molecule has 0 radical (unpaired) electrons. The van der Waals surface area contributed by atoms with E-state index in [0.29, 0.717) is 4.88 Å². The van der Waals surface area contributed by atoms with Crippen LogP contribution < -0.4 is 5.32 Å². The number of thiophene rings is 1. The van der Waals surface area contributed by atoms with Crippen molar-refractivity contribution in [2.24, 2.45) is 0 Å². The predicted molar refractivity (Wildman–Crippen MR) is 74.2 cm³/mol. The van der Waals surface area contributed by atoms with E-state index >= 15 is 0 Å². The Labute approximate surface area is 108 Å². The molecule has 18 heavy (non-hydrogen) atoms. The number of fused-ring (bicyclic) bond motifs is 1. The fraction of sp³-hybridized carbons (Fsp3) is 0.0714. The lowest BCUT2D eigenvalue weighted by Crippen LogP contribution is -2.01. The first-order chi connectivity index (χ1) is 8.77. The molecule has 1 aliphatic heterocycles. The van der Waals surface area contributed by atoms with Gasteiger partial charge in [-0.1, -0.05) is 42.5 Å². The minimum absolute atomic E-state index is 0.394. The van der Waals surface area contributed by atoms with E-state index in [4.69, 9.17) is 0 Å². The van der Waals surface area contributed by atoms with Crippen molar-refractivity contribution in [3.8, 4) is 11.1 Å². The normalized spacial score (nSPS) is 12.9. The molecule has 2 aromatic rings. The van der Waals surface area contributed by atoms with Crippen LogP contribution in [0.4, 0.5) is 5.00 Å². The molecule has 1 aromatic carbocycles. The van der Waals surface area contributed by atoms with Crippen LogP contribution in [-0.2, 0) is 0 Å². The highest BCUT2D eigenvalue weighted by Crippen LogP contribution is 2.42. The highest BCUT2D eigenvalue weighted by atomic mass is 32.1. The van der Waals surface area contributed by atoms with Gasteiger partial charge in [-0.3, -0.25) is 0 Å². The first-order valence-corrected chi connectivity index (χ1v) is 6.45. The SMILES string of the molecule is O=C(O)c1sc2c(c1-c1ccccc1)C=CCN2. The minimum atomic E-state index is -0.872. The highest BCUT2D eigenvalue weighted by molar-refractivity contribution is 7.18. The summed E-state index contributed by atoms with van der Waals surface area (Å²) in [6.07, 6.45) is 4.00. The zero-order chi connectivity index (χ0) is 12.5. The Morgan fingerprint density at radius 1 is 1.28 bits per heavy atom. The Hall–Kier alpha value is -2.07. The smallest absolute Gasteiger partial charge is 0.346 e. The van der Waals surface area contributed by atoms with Crippen molar-refractivity contribution in [2.45, 2.75) is 0 Å². The number of carboxylic acid groups (broad SMARTS) is 1. The molecule has 0 spiro atoms. The van der Waals surface area contributed by atoms with E-state index in [1.807, 2.05) is 42.5 Å². The third kappa shape index (κ3) is 1.71. The van der Waals surface area contributed by atoms with Gasteiger partial charge in [-0.25, -0.2) is 4.79 Å². The van der Waals surface area contributed by atoms with Gasteiger partial charge in [0.2, 0.25) is 0 Å². The van der Waals surface area contributed by atoms with Gasteiger partial charge in [-0.15, -0.1) is 11.3 Å². The van der Waals surface area contributed by atoms with Crippen LogP contribution in [0.25, 0.3) is 17.2 Å². The second-order valence-electron chi connectivity index (χ2n) is 4.00. The zero-order valence-corrected chi connectivity index (χ0v) is 10.3. The number of carboxylic acids is 1. The molecular weight excluding hydrogens is 246 g/mol. The van der Waals surface area contributed by atoms with E-state index in [9.17, 15) is 9.90 Å². The van der Waals surface area contributed by atoms with Crippen LogP contribution in [0.1, 0.15) is 15.2 Å². The maximum Gasteiger partial charge on any atom is 0.346 e. The van der Waals surface area contributed by atoms with Crippen LogP contribution >= 0.6 is 11.3 Å². The number of aromatic carboxylic acids is 1. The van der Waals surface area contributed by atoms with E-state index in [1.165, 1.54) is 11.3 Å². The second kappa shape index (κ2) is 4.31. The number of nitrogens with one attached hydrogen (secondary N) is 1. The minimum Gasteiger partial charge on any atom is -0.477 e. The van der Waals surface area contributed by atoms with Crippen LogP contribution in [0, 0.1) is 0 Å². The monoisotopic (exact) mass is 257 g/mol. The molecule has 2 heterocycles. The van der Waals surface area contributed by atoms with Gasteiger partial charge >= 0.3 is 5.97 Å². The molecular formula is C14H11NO2S. The Morgan fingerprint density at radius 3 is 2.78 bits per heavy atom. The lowest BCUT2D eigenvalue weighted by atomic mass is 10.00. The van der Waals surface area contributed by atoms with E-state index in [1.54, 1.807) is 0 Å². The van der Waals surface area contributed by atoms with Gasteiger partial charge in [0, 0.05) is 17.7 Å². The number of carbonyl (C=O) groups is 1. The molecule has 3 nitrogen and oxygen atoms in total. The standard InChI is InChI=1S/C14H11NO2S/c16-14(17)12-11(9-5-2-1-3-6-9)10-7-4-8-15-13(10)18-12/h1-7,15H,8H2,(H,16,17). The van der Waals surface area contributed by atoms with Crippen molar-refractivity contribution in [1.29, 1.82) is 0 Å². The fourth-order valence-electron chi connectivity index (χ4n) is 2.10. The van der Waals surface area contributed by atoms with Crippen LogP contribution in [0.2, 0.25) is 0 Å². The van der Waals surface area contributed by atoms with Crippen molar-refractivity contribution < 1.29 is 9.90 Å². The first-order valence-electron chi connectivity index (χ1n) is 5.63. The number of anilines is 1. The summed E-state index contributed by atoms with van der Waals surface area (Å²) in [4.78, 5) is 11.8. The van der Waals surface area contributed by atoms with Crippen LogP contribution in [0.15, 0.2) is 36.4 Å². The summed E-state index contributed by atoms with van der Waals surface area (Å²) >= 11 is 1.30. The van der Waals surface area contributed by atoms with Crippen molar-refractivity contribution in [2.75, 3.05) is 11.9 Å². The molecule has 0 saturated heterocycles. The average molecular weight is 257 g/mol. The summed E-state index contributed by atoms with van der Waals surface area (Å²) in [6, 6.07) is 9.65. The molecule has 0 amide bonds. The van der Waals surface area contributed by atoms with E-state index < -0.39 is 5.97 Å². The summed E-state index contributed by atoms with van der Waals surface area (Å²) in [5.74, 6) is -0.872. The molecule has 90 valence electrons. The van der Waals surface area contributed by atoms with Crippen molar-refractivity contribution in [1.82, 2.24) is 0 Å². The van der Waals surface area contributed by atoms with Crippen molar-refractivity contribution >= 4 is 28.4 Å². The molecule has 0 fully saturated rings. The topological polar surface area (TPSA) is 49.3 Å². The Balaban J connectivity index is 2.27. The lowest BCUT2D eigenvalue weighted by molar-refractivity contribution is 0.0703. The summed E-state index contributed by atoms with van der Waals surface area (Å²) in [7, 11) is 0. The van der Waals surface area contributed by atoms with Crippen LogP contribution in [0.3, 0.4) is 0 Å². The van der Waals surface area contributed by atoms with Gasteiger partial charge in [0.25, 0.3) is 0 Å². The summed E-state index contributed by atoms with van der Waals surface area (Å²) in [5, 5.41) is 13.5. The van der Waals surface area contributed by atoms with Crippen LogP contribution in [-0.4, -0.2) is 17.6 Å². The maximum atomic E-state index is 11.4. The van der Waals surface area contributed by atoms with E-state index in [-0.39, 0.29) is 0 Å². The summed E-state index contributed by atoms with van der Waals surface area (Å²) in [6.45, 7) is 0.751. The molecule has 2 N–H and O–H groups in total. The molecule has 4 heteroatoms. The first kappa shape index (κ1) is 11.0. The van der Waals surface area contributed by atoms with Crippen molar-refractivity contribution in [3.05, 3.63) is 46.8 Å². The van der Waals surface area contributed by atoms with Gasteiger partial charge in [-0.05, 0) is 5.56 Å². The molecule has 0 aliphatic carbocycles. The van der Waals surface area contributed by atoms with Gasteiger partial charge < -0.3 is 10.4 Å². The molecule has 3 rings (SSSR count). The summed E-state index contributed by atoms with van der Waals surface area (Å²) < 4.78 is 0. The molecule has 0 atom stereocenters. The molecule has 1 aromatic heterocycles.